The quantitative estimate of drug-likeness (QED) is 0.465. The number of hydrogen-bond donors (Lipinski definition) is 1. The number of anilines is 2. The Morgan fingerprint density at radius 1 is 1.09 bits per heavy atom. The Labute approximate surface area is 198 Å². The highest BCUT2D eigenvalue weighted by Crippen LogP contribution is 2.29. The van der Waals surface area contributed by atoms with Gasteiger partial charge in [-0.25, -0.2) is 9.69 Å². The van der Waals surface area contributed by atoms with Crippen molar-refractivity contribution in [3.63, 3.8) is 0 Å². The van der Waals surface area contributed by atoms with Gasteiger partial charge in [-0.05, 0) is 67.4 Å². The van der Waals surface area contributed by atoms with Crippen molar-refractivity contribution in [1.29, 1.82) is 0 Å². The Morgan fingerprint density at radius 2 is 1.88 bits per heavy atom. The number of ether oxygens (including phenoxy) is 1. The van der Waals surface area contributed by atoms with Crippen LogP contribution in [0.3, 0.4) is 0 Å². The van der Waals surface area contributed by atoms with Gasteiger partial charge in [0.15, 0.2) is 0 Å². The summed E-state index contributed by atoms with van der Waals surface area (Å²) in [6.07, 6.45) is 2.23. The number of carbonyl (C=O) groups is 3. The fraction of sp³-hybridized carbons (Fsp3) is 0.269. The lowest BCUT2D eigenvalue weighted by atomic mass is 10.1. The first kappa shape index (κ1) is 23.1. The van der Waals surface area contributed by atoms with E-state index in [-0.39, 0.29) is 18.9 Å². The molecule has 34 heavy (non-hydrogen) atoms. The summed E-state index contributed by atoms with van der Waals surface area (Å²) in [7, 11) is 0. The molecule has 4 rings (SSSR count). The van der Waals surface area contributed by atoms with E-state index in [1.54, 1.807) is 54.6 Å². The van der Waals surface area contributed by atoms with Crippen LogP contribution in [0.2, 0.25) is 0 Å². The van der Waals surface area contributed by atoms with Crippen molar-refractivity contribution >= 4 is 29.2 Å². The summed E-state index contributed by atoms with van der Waals surface area (Å²) in [6.45, 7) is 4.62. The molecule has 2 aromatic carbocycles. The topological polar surface area (TPSA) is 92.1 Å². The van der Waals surface area contributed by atoms with Crippen molar-refractivity contribution in [2.75, 3.05) is 16.8 Å². The molecular formula is C26H27N3O5. The zero-order valence-electron chi connectivity index (χ0n) is 19.2. The molecule has 0 bridgehead atoms. The van der Waals surface area contributed by atoms with E-state index < -0.39 is 18.0 Å². The fourth-order valence-corrected chi connectivity index (χ4v) is 3.83. The molecule has 1 atom stereocenters. The lowest BCUT2D eigenvalue weighted by molar-refractivity contribution is -0.124. The minimum Gasteiger partial charge on any atom is -0.494 e. The van der Waals surface area contributed by atoms with Crippen LogP contribution < -0.4 is 15.0 Å². The summed E-state index contributed by atoms with van der Waals surface area (Å²) in [5.74, 6) is 0.430. The van der Waals surface area contributed by atoms with Crippen LogP contribution in [0.4, 0.5) is 16.2 Å². The van der Waals surface area contributed by atoms with E-state index in [1.165, 1.54) is 11.2 Å². The van der Waals surface area contributed by atoms with Crippen LogP contribution in [0.1, 0.15) is 31.1 Å². The van der Waals surface area contributed by atoms with Gasteiger partial charge in [-0.3, -0.25) is 9.59 Å². The van der Waals surface area contributed by atoms with Crippen molar-refractivity contribution in [2.24, 2.45) is 0 Å². The summed E-state index contributed by atoms with van der Waals surface area (Å²) in [4.78, 5) is 42.0. The minimum absolute atomic E-state index is 0.0846. The molecule has 0 radical (unpaired) electrons. The number of benzene rings is 2. The van der Waals surface area contributed by atoms with Gasteiger partial charge >= 0.3 is 6.03 Å². The molecule has 1 N–H and O–H groups in total. The summed E-state index contributed by atoms with van der Waals surface area (Å²) in [6, 6.07) is 16.2. The average Bonchev–Trinajstić information content (AvgIpc) is 3.41. The monoisotopic (exact) mass is 461 g/mol. The molecule has 0 saturated carbocycles. The summed E-state index contributed by atoms with van der Waals surface area (Å²) >= 11 is 0. The Morgan fingerprint density at radius 3 is 2.56 bits per heavy atom. The van der Waals surface area contributed by atoms with Gasteiger partial charge < -0.3 is 19.4 Å². The van der Waals surface area contributed by atoms with Crippen LogP contribution in [0, 0.1) is 6.92 Å². The van der Waals surface area contributed by atoms with Crippen LogP contribution in [0.25, 0.3) is 0 Å². The zero-order chi connectivity index (χ0) is 24.1. The van der Waals surface area contributed by atoms with E-state index >= 15 is 0 Å². The van der Waals surface area contributed by atoms with Crippen molar-refractivity contribution < 1.29 is 23.5 Å². The minimum atomic E-state index is -0.953. The van der Waals surface area contributed by atoms with Crippen LogP contribution in [-0.4, -0.2) is 35.4 Å². The number of carbonyl (C=O) groups excluding carboxylic acids is 3. The van der Waals surface area contributed by atoms with Crippen molar-refractivity contribution in [1.82, 2.24) is 4.90 Å². The van der Waals surface area contributed by atoms with Crippen LogP contribution in [-0.2, 0) is 16.1 Å². The number of hydrogen-bond acceptors (Lipinski definition) is 5. The lowest BCUT2D eigenvalue weighted by Crippen LogP contribution is -2.37. The molecule has 8 heteroatoms. The molecule has 1 fully saturated rings. The molecule has 0 spiro atoms. The molecule has 8 nitrogen and oxygen atoms in total. The fourth-order valence-electron chi connectivity index (χ4n) is 3.83. The molecule has 1 aromatic heterocycles. The van der Waals surface area contributed by atoms with Gasteiger partial charge in [0.05, 0.1) is 31.5 Å². The molecule has 4 amide bonds. The molecule has 1 aliphatic heterocycles. The van der Waals surface area contributed by atoms with Gasteiger partial charge in [-0.1, -0.05) is 19.1 Å². The molecule has 1 aliphatic rings. The number of aryl methyl sites for hydroxylation is 1. The molecule has 0 unspecified atom stereocenters. The number of imide groups is 1. The van der Waals surface area contributed by atoms with Crippen molar-refractivity contribution in [2.45, 2.75) is 39.3 Å². The number of furan rings is 1. The maximum absolute atomic E-state index is 13.3. The zero-order valence-corrected chi connectivity index (χ0v) is 19.2. The Hall–Kier alpha value is -4.07. The van der Waals surface area contributed by atoms with Crippen molar-refractivity contribution in [3.05, 3.63) is 78.3 Å². The summed E-state index contributed by atoms with van der Waals surface area (Å²) < 4.78 is 10.9. The van der Waals surface area contributed by atoms with E-state index in [2.05, 4.69) is 5.32 Å². The second kappa shape index (κ2) is 10.2. The van der Waals surface area contributed by atoms with E-state index in [0.717, 1.165) is 22.6 Å². The maximum atomic E-state index is 13.3. The highest BCUT2D eigenvalue weighted by Gasteiger charge is 2.47. The maximum Gasteiger partial charge on any atom is 0.332 e. The SMILES string of the molecule is CCCOc1ccc(NC(=O)C[C@@H]2C(=O)N(c3cccc(C)c3)C(=O)N2Cc2ccco2)cc1. The first-order valence-electron chi connectivity index (χ1n) is 11.2. The Bertz CT molecular complexity index is 1160. The molecule has 176 valence electrons. The molecule has 0 aliphatic carbocycles. The smallest absolute Gasteiger partial charge is 0.332 e. The van der Waals surface area contributed by atoms with Crippen LogP contribution in [0.5, 0.6) is 5.75 Å². The van der Waals surface area contributed by atoms with Crippen molar-refractivity contribution in [3.8, 4) is 5.75 Å². The first-order valence-corrected chi connectivity index (χ1v) is 11.2. The van der Waals surface area contributed by atoms with E-state index in [1.807, 2.05) is 19.9 Å². The van der Waals surface area contributed by atoms with Gasteiger partial charge in [0, 0.05) is 5.69 Å². The predicted molar refractivity (Wildman–Crippen MR) is 128 cm³/mol. The molecule has 2 heterocycles. The van der Waals surface area contributed by atoms with Gasteiger partial charge in [0.1, 0.15) is 17.6 Å². The summed E-state index contributed by atoms with van der Waals surface area (Å²) in [5.41, 5.74) is 1.98. The van der Waals surface area contributed by atoms with Gasteiger partial charge in [0.25, 0.3) is 5.91 Å². The number of urea groups is 1. The lowest BCUT2D eigenvalue weighted by Gasteiger charge is -2.20. The van der Waals surface area contributed by atoms with Crippen LogP contribution >= 0.6 is 0 Å². The highest BCUT2D eigenvalue weighted by atomic mass is 16.5. The Balaban J connectivity index is 1.51. The van der Waals surface area contributed by atoms with Gasteiger partial charge in [0.2, 0.25) is 5.91 Å². The number of amides is 4. The van der Waals surface area contributed by atoms with Gasteiger partial charge in [-0.2, -0.15) is 0 Å². The second-order valence-electron chi connectivity index (χ2n) is 8.14. The first-order chi connectivity index (χ1) is 16.5. The number of rotatable bonds is 9. The normalized spacial score (nSPS) is 15.6. The highest BCUT2D eigenvalue weighted by molar-refractivity contribution is 6.22. The molecule has 1 saturated heterocycles. The van der Waals surface area contributed by atoms with E-state index in [9.17, 15) is 14.4 Å². The largest absolute Gasteiger partial charge is 0.494 e. The predicted octanol–water partition coefficient (Wildman–Crippen LogP) is 4.74. The average molecular weight is 462 g/mol. The number of nitrogens with zero attached hydrogens (tertiary/aromatic N) is 2. The third-order valence-corrected chi connectivity index (χ3v) is 5.47. The Kier molecular flexibility index (Phi) is 6.96. The van der Waals surface area contributed by atoms with E-state index in [0.29, 0.717) is 23.7 Å². The number of nitrogens with one attached hydrogen (secondary N) is 1. The van der Waals surface area contributed by atoms with Gasteiger partial charge in [-0.15, -0.1) is 0 Å². The van der Waals surface area contributed by atoms with Crippen LogP contribution in [0.15, 0.2) is 71.3 Å². The second-order valence-corrected chi connectivity index (χ2v) is 8.14. The third-order valence-electron chi connectivity index (χ3n) is 5.47. The molecular weight excluding hydrogens is 434 g/mol. The summed E-state index contributed by atoms with van der Waals surface area (Å²) in [5, 5.41) is 2.80. The standard InChI is InChI=1S/C26H27N3O5/c1-3-13-33-21-11-9-19(10-12-21)27-24(30)16-23-25(31)29(20-7-4-6-18(2)15-20)26(32)28(23)17-22-8-5-14-34-22/h4-12,14-15,23H,3,13,16-17H2,1-2H3,(H,27,30)/t23-/m1/s1. The van der Waals surface area contributed by atoms with E-state index in [4.69, 9.17) is 9.15 Å². The third kappa shape index (κ3) is 5.11. The molecule has 3 aromatic rings.